The molecule has 0 fully saturated rings. The molecular formula is C24H20ClN3O3. The number of esters is 1. The van der Waals surface area contributed by atoms with Crippen molar-refractivity contribution >= 4 is 39.8 Å². The lowest BCUT2D eigenvalue weighted by Gasteiger charge is -2.14. The second kappa shape index (κ2) is 9.02. The van der Waals surface area contributed by atoms with E-state index < -0.39 is 0 Å². The fraction of sp³-hybridized carbons (Fsp3) is 0.125. The van der Waals surface area contributed by atoms with E-state index in [1.807, 2.05) is 36.4 Å². The molecule has 0 spiro atoms. The predicted octanol–water partition coefficient (Wildman–Crippen LogP) is 5.88. The Hall–Kier alpha value is -3.64. The molecule has 7 heteroatoms. The fourth-order valence-electron chi connectivity index (χ4n) is 3.29. The van der Waals surface area contributed by atoms with Gasteiger partial charge in [0.1, 0.15) is 11.4 Å². The maximum Gasteiger partial charge on any atom is 0.338 e. The summed E-state index contributed by atoms with van der Waals surface area (Å²) in [5.74, 6) is 0.886. The van der Waals surface area contributed by atoms with Gasteiger partial charge in [-0.05, 0) is 37.3 Å². The number of fused-ring (bicyclic) bond motifs is 1. The Morgan fingerprint density at radius 2 is 1.74 bits per heavy atom. The summed E-state index contributed by atoms with van der Waals surface area (Å²) in [5, 5.41) is 14.6. The van der Waals surface area contributed by atoms with Crippen LogP contribution in [-0.4, -0.2) is 29.9 Å². The number of hydrogen-bond acceptors (Lipinski definition) is 6. The Labute approximate surface area is 184 Å². The molecule has 4 rings (SSSR count). The van der Waals surface area contributed by atoms with Crippen molar-refractivity contribution in [3.8, 4) is 17.0 Å². The standard InChI is InChI=1S/C24H20ClN3O3/c1-3-31-24(29)16-10-8-15(9-11-16)22-18-6-4-5-7-19(18)23(28-27-22)26-20-14-17(25)12-13-21(20)30-2/h4-14H,3H2,1-2H3,(H,26,28). The van der Waals surface area contributed by atoms with E-state index in [1.54, 1.807) is 44.4 Å². The third-order valence-electron chi connectivity index (χ3n) is 4.77. The number of carbonyl (C=O) groups excluding carboxylic acids is 1. The van der Waals surface area contributed by atoms with Crippen molar-refractivity contribution in [3.05, 3.63) is 77.3 Å². The van der Waals surface area contributed by atoms with Crippen molar-refractivity contribution in [1.82, 2.24) is 10.2 Å². The molecule has 0 aliphatic heterocycles. The van der Waals surface area contributed by atoms with E-state index in [2.05, 4.69) is 15.5 Å². The van der Waals surface area contributed by atoms with Crippen LogP contribution in [0.2, 0.25) is 5.02 Å². The lowest BCUT2D eigenvalue weighted by atomic mass is 10.0. The zero-order valence-electron chi connectivity index (χ0n) is 17.1. The van der Waals surface area contributed by atoms with Crippen LogP contribution in [0.5, 0.6) is 5.75 Å². The molecule has 1 N–H and O–H groups in total. The summed E-state index contributed by atoms with van der Waals surface area (Å²) in [6.07, 6.45) is 0. The summed E-state index contributed by atoms with van der Waals surface area (Å²) < 4.78 is 10.5. The summed E-state index contributed by atoms with van der Waals surface area (Å²) in [7, 11) is 1.60. The lowest BCUT2D eigenvalue weighted by Crippen LogP contribution is -2.04. The molecule has 6 nitrogen and oxygen atoms in total. The van der Waals surface area contributed by atoms with E-state index in [9.17, 15) is 4.79 Å². The molecule has 0 aliphatic rings. The van der Waals surface area contributed by atoms with Gasteiger partial charge in [0.05, 0.1) is 25.0 Å². The van der Waals surface area contributed by atoms with Crippen LogP contribution in [0.3, 0.4) is 0 Å². The van der Waals surface area contributed by atoms with Crippen LogP contribution in [0.1, 0.15) is 17.3 Å². The zero-order valence-corrected chi connectivity index (χ0v) is 17.8. The average molecular weight is 434 g/mol. The van der Waals surface area contributed by atoms with E-state index in [0.717, 1.165) is 22.0 Å². The maximum atomic E-state index is 11.9. The highest BCUT2D eigenvalue weighted by atomic mass is 35.5. The highest BCUT2D eigenvalue weighted by molar-refractivity contribution is 6.31. The highest BCUT2D eigenvalue weighted by Gasteiger charge is 2.14. The Morgan fingerprint density at radius 1 is 1.00 bits per heavy atom. The number of hydrogen-bond donors (Lipinski definition) is 1. The van der Waals surface area contributed by atoms with Gasteiger partial charge in [-0.25, -0.2) is 4.79 Å². The summed E-state index contributed by atoms with van der Waals surface area (Å²) in [4.78, 5) is 11.9. The van der Waals surface area contributed by atoms with Crippen molar-refractivity contribution in [3.63, 3.8) is 0 Å². The Bertz CT molecular complexity index is 1240. The fourth-order valence-corrected chi connectivity index (χ4v) is 3.47. The van der Waals surface area contributed by atoms with E-state index in [1.165, 1.54) is 0 Å². The Kier molecular flexibility index (Phi) is 6.00. The van der Waals surface area contributed by atoms with Crippen LogP contribution in [0.15, 0.2) is 66.7 Å². The molecule has 0 saturated heterocycles. The molecule has 156 valence electrons. The molecule has 0 saturated carbocycles. The van der Waals surface area contributed by atoms with Gasteiger partial charge in [0.2, 0.25) is 0 Å². The summed E-state index contributed by atoms with van der Waals surface area (Å²) >= 11 is 6.15. The summed E-state index contributed by atoms with van der Waals surface area (Å²) in [6.45, 7) is 2.12. The van der Waals surface area contributed by atoms with E-state index in [4.69, 9.17) is 21.1 Å². The quantitative estimate of drug-likeness (QED) is 0.383. The first-order chi connectivity index (χ1) is 15.1. The van der Waals surface area contributed by atoms with Gasteiger partial charge in [0, 0.05) is 21.4 Å². The minimum absolute atomic E-state index is 0.336. The van der Waals surface area contributed by atoms with Gasteiger partial charge in [-0.15, -0.1) is 10.2 Å². The first-order valence-electron chi connectivity index (χ1n) is 9.74. The topological polar surface area (TPSA) is 73.3 Å². The van der Waals surface area contributed by atoms with Crippen molar-refractivity contribution in [2.45, 2.75) is 6.92 Å². The minimum atomic E-state index is -0.347. The van der Waals surface area contributed by atoms with E-state index >= 15 is 0 Å². The Balaban J connectivity index is 1.74. The molecule has 0 atom stereocenters. The molecule has 4 aromatic rings. The second-order valence-corrected chi connectivity index (χ2v) is 7.15. The molecular weight excluding hydrogens is 414 g/mol. The third kappa shape index (κ3) is 4.29. The normalized spacial score (nSPS) is 10.7. The van der Waals surface area contributed by atoms with Crippen LogP contribution in [0, 0.1) is 0 Å². The predicted molar refractivity (Wildman–Crippen MR) is 122 cm³/mol. The molecule has 0 bridgehead atoms. The van der Waals surface area contributed by atoms with Crippen LogP contribution in [0.4, 0.5) is 11.5 Å². The maximum absolute atomic E-state index is 11.9. The molecule has 0 radical (unpaired) electrons. The number of anilines is 2. The van der Waals surface area contributed by atoms with Gasteiger partial charge in [-0.2, -0.15) is 0 Å². The number of nitrogens with one attached hydrogen (secondary N) is 1. The van der Waals surface area contributed by atoms with Crippen molar-refractivity contribution < 1.29 is 14.3 Å². The molecule has 1 aromatic heterocycles. The summed E-state index contributed by atoms with van der Waals surface area (Å²) in [6, 6.07) is 20.3. The largest absolute Gasteiger partial charge is 0.495 e. The zero-order chi connectivity index (χ0) is 21.8. The smallest absolute Gasteiger partial charge is 0.338 e. The van der Waals surface area contributed by atoms with Gasteiger partial charge in [-0.1, -0.05) is 48.0 Å². The van der Waals surface area contributed by atoms with E-state index in [0.29, 0.717) is 34.4 Å². The van der Waals surface area contributed by atoms with Gasteiger partial charge >= 0.3 is 5.97 Å². The van der Waals surface area contributed by atoms with E-state index in [-0.39, 0.29) is 5.97 Å². The molecule has 1 heterocycles. The van der Waals surface area contributed by atoms with Crippen LogP contribution < -0.4 is 10.1 Å². The SMILES string of the molecule is CCOC(=O)c1ccc(-c2nnc(Nc3cc(Cl)ccc3OC)c3ccccc23)cc1. The molecule has 0 amide bonds. The second-order valence-electron chi connectivity index (χ2n) is 6.71. The number of nitrogens with zero attached hydrogens (tertiary/aromatic N) is 2. The number of aromatic nitrogens is 2. The van der Waals surface area contributed by atoms with Gasteiger partial charge in [-0.3, -0.25) is 0 Å². The van der Waals surface area contributed by atoms with Gasteiger partial charge < -0.3 is 14.8 Å². The third-order valence-corrected chi connectivity index (χ3v) is 5.01. The number of halogens is 1. The van der Waals surface area contributed by atoms with Crippen molar-refractivity contribution in [2.75, 3.05) is 19.0 Å². The molecule has 31 heavy (non-hydrogen) atoms. The number of carbonyl (C=O) groups is 1. The lowest BCUT2D eigenvalue weighted by molar-refractivity contribution is 0.0526. The number of methoxy groups -OCH3 is 1. The number of rotatable bonds is 6. The van der Waals surface area contributed by atoms with Crippen LogP contribution in [-0.2, 0) is 4.74 Å². The first-order valence-corrected chi connectivity index (χ1v) is 10.1. The number of ether oxygens (including phenoxy) is 2. The van der Waals surface area contributed by atoms with Crippen molar-refractivity contribution in [2.24, 2.45) is 0 Å². The molecule has 3 aromatic carbocycles. The summed E-state index contributed by atoms with van der Waals surface area (Å²) in [5.41, 5.74) is 2.76. The first kappa shape index (κ1) is 20.6. The minimum Gasteiger partial charge on any atom is -0.495 e. The monoisotopic (exact) mass is 433 g/mol. The van der Waals surface area contributed by atoms with Crippen LogP contribution >= 0.6 is 11.6 Å². The van der Waals surface area contributed by atoms with Gasteiger partial charge in [0.25, 0.3) is 0 Å². The molecule has 0 unspecified atom stereocenters. The highest BCUT2D eigenvalue weighted by Crippen LogP contribution is 2.34. The molecule has 0 aliphatic carbocycles. The van der Waals surface area contributed by atoms with Crippen molar-refractivity contribution in [1.29, 1.82) is 0 Å². The average Bonchev–Trinajstić information content (AvgIpc) is 2.80. The number of benzene rings is 3. The Morgan fingerprint density at radius 3 is 2.45 bits per heavy atom. The van der Waals surface area contributed by atoms with Crippen LogP contribution in [0.25, 0.3) is 22.0 Å². The van der Waals surface area contributed by atoms with Gasteiger partial charge in [0.15, 0.2) is 5.82 Å².